The maximum absolute atomic E-state index is 11.5. The van der Waals surface area contributed by atoms with Crippen LogP contribution in [-0.4, -0.2) is 43.7 Å². The first-order chi connectivity index (χ1) is 8.20. The fourth-order valence-corrected chi connectivity index (χ4v) is 2.13. The molecule has 94 valence electrons. The van der Waals surface area contributed by atoms with E-state index in [2.05, 4.69) is 21.9 Å². The van der Waals surface area contributed by atoms with Gasteiger partial charge in [-0.2, -0.15) is 0 Å². The molecule has 0 spiro atoms. The number of hydrogen-bond acceptors (Lipinski definition) is 5. The summed E-state index contributed by atoms with van der Waals surface area (Å²) in [6, 6.07) is 2.32. The van der Waals surface area contributed by atoms with Crippen molar-refractivity contribution in [3.05, 3.63) is 23.7 Å². The summed E-state index contributed by atoms with van der Waals surface area (Å²) in [4.78, 5) is 13.8. The lowest BCUT2D eigenvalue weighted by atomic mass is 10.2. The number of furan rings is 1. The summed E-state index contributed by atoms with van der Waals surface area (Å²) in [5.41, 5.74) is 0.894. The predicted molar refractivity (Wildman–Crippen MR) is 62.8 cm³/mol. The van der Waals surface area contributed by atoms with E-state index in [1.807, 2.05) is 6.07 Å². The standard InChI is InChI=1S/C12H18N2O3/c1-9-7-14(5-4-13-9)8-10-3-6-17-11(10)12(15)16-2/h3,6,9,13H,4-5,7-8H2,1-2H3/t9-/m1/s1. The van der Waals surface area contributed by atoms with Crippen LogP contribution in [0.4, 0.5) is 0 Å². The van der Waals surface area contributed by atoms with Gasteiger partial charge in [0.25, 0.3) is 0 Å². The van der Waals surface area contributed by atoms with Gasteiger partial charge in [-0.3, -0.25) is 4.90 Å². The van der Waals surface area contributed by atoms with Gasteiger partial charge in [0.15, 0.2) is 0 Å². The van der Waals surface area contributed by atoms with Crippen molar-refractivity contribution in [2.24, 2.45) is 0 Å². The monoisotopic (exact) mass is 238 g/mol. The Bertz CT molecular complexity index is 389. The topological polar surface area (TPSA) is 54.7 Å². The van der Waals surface area contributed by atoms with E-state index < -0.39 is 5.97 Å². The molecule has 1 aromatic heterocycles. The second-order valence-corrected chi connectivity index (χ2v) is 4.36. The van der Waals surface area contributed by atoms with Crippen LogP contribution in [0.1, 0.15) is 23.0 Å². The maximum atomic E-state index is 11.5. The summed E-state index contributed by atoms with van der Waals surface area (Å²) >= 11 is 0. The average molecular weight is 238 g/mol. The Kier molecular flexibility index (Phi) is 3.81. The van der Waals surface area contributed by atoms with Crippen LogP contribution in [0.5, 0.6) is 0 Å². The van der Waals surface area contributed by atoms with Crippen molar-refractivity contribution in [1.29, 1.82) is 0 Å². The van der Waals surface area contributed by atoms with Gasteiger partial charge in [0.05, 0.1) is 13.4 Å². The summed E-state index contributed by atoms with van der Waals surface area (Å²) < 4.78 is 9.85. The first kappa shape index (κ1) is 12.1. The van der Waals surface area contributed by atoms with E-state index in [-0.39, 0.29) is 0 Å². The Hall–Kier alpha value is -1.33. The second-order valence-electron chi connectivity index (χ2n) is 4.36. The van der Waals surface area contributed by atoms with Crippen LogP contribution in [0.15, 0.2) is 16.7 Å². The molecule has 0 bridgehead atoms. The molecule has 2 heterocycles. The molecule has 0 saturated carbocycles. The fraction of sp³-hybridized carbons (Fsp3) is 0.583. The molecule has 1 aromatic rings. The van der Waals surface area contributed by atoms with Gasteiger partial charge < -0.3 is 14.5 Å². The molecule has 1 aliphatic heterocycles. The number of carbonyl (C=O) groups is 1. The fourth-order valence-electron chi connectivity index (χ4n) is 2.13. The maximum Gasteiger partial charge on any atom is 0.374 e. The number of piperazine rings is 1. The third-order valence-corrected chi connectivity index (χ3v) is 2.96. The van der Waals surface area contributed by atoms with Crippen molar-refractivity contribution < 1.29 is 13.9 Å². The van der Waals surface area contributed by atoms with Crippen LogP contribution < -0.4 is 5.32 Å². The van der Waals surface area contributed by atoms with Gasteiger partial charge >= 0.3 is 5.97 Å². The highest BCUT2D eigenvalue weighted by molar-refractivity contribution is 5.87. The van der Waals surface area contributed by atoms with Gasteiger partial charge in [-0.1, -0.05) is 0 Å². The van der Waals surface area contributed by atoms with E-state index in [1.54, 1.807) is 0 Å². The summed E-state index contributed by atoms with van der Waals surface area (Å²) in [6.07, 6.45) is 1.53. The molecule has 0 aliphatic carbocycles. The van der Waals surface area contributed by atoms with Crippen molar-refractivity contribution in [3.63, 3.8) is 0 Å². The SMILES string of the molecule is COC(=O)c1occc1CN1CCN[C@H](C)C1. The summed E-state index contributed by atoms with van der Waals surface area (Å²) in [5, 5.41) is 3.38. The lowest BCUT2D eigenvalue weighted by molar-refractivity contribution is 0.0561. The molecule has 17 heavy (non-hydrogen) atoms. The summed E-state index contributed by atoms with van der Waals surface area (Å²) in [7, 11) is 1.36. The highest BCUT2D eigenvalue weighted by Gasteiger charge is 2.21. The van der Waals surface area contributed by atoms with Gasteiger partial charge in [-0.15, -0.1) is 0 Å². The van der Waals surface area contributed by atoms with Gasteiger partial charge in [0.2, 0.25) is 5.76 Å². The van der Waals surface area contributed by atoms with Crippen LogP contribution in [0.2, 0.25) is 0 Å². The van der Waals surface area contributed by atoms with Crippen molar-refractivity contribution in [2.75, 3.05) is 26.7 Å². The molecule has 0 radical (unpaired) electrons. The lowest BCUT2D eigenvalue weighted by Crippen LogP contribution is -2.48. The molecular weight excluding hydrogens is 220 g/mol. The average Bonchev–Trinajstić information content (AvgIpc) is 2.76. The largest absolute Gasteiger partial charge is 0.463 e. The summed E-state index contributed by atoms with van der Waals surface area (Å²) in [5.74, 6) is -0.0909. The van der Waals surface area contributed by atoms with Crippen LogP contribution in [0.3, 0.4) is 0 Å². The van der Waals surface area contributed by atoms with Crippen LogP contribution >= 0.6 is 0 Å². The number of nitrogens with one attached hydrogen (secondary N) is 1. The highest BCUT2D eigenvalue weighted by atomic mass is 16.5. The highest BCUT2D eigenvalue weighted by Crippen LogP contribution is 2.15. The minimum absolute atomic E-state index is 0.318. The van der Waals surface area contributed by atoms with Gasteiger partial charge in [0, 0.05) is 37.8 Å². The zero-order valence-electron chi connectivity index (χ0n) is 10.2. The molecule has 1 atom stereocenters. The molecule has 0 unspecified atom stereocenters. The Labute approximate surface area is 101 Å². The van der Waals surface area contributed by atoms with E-state index in [0.29, 0.717) is 11.8 Å². The molecule has 1 aliphatic rings. The third kappa shape index (κ3) is 2.87. The predicted octanol–water partition coefficient (Wildman–Crippen LogP) is 0.860. The van der Waals surface area contributed by atoms with Crippen molar-refractivity contribution >= 4 is 5.97 Å². The second kappa shape index (κ2) is 5.33. The normalized spacial score (nSPS) is 21.4. The molecule has 0 amide bonds. The van der Waals surface area contributed by atoms with Crippen LogP contribution in [0.25, 0.3) is 0 Å². The Balaban J connectivity index is 2.03. The lowest BCUT2D eigenvalue weighted by Gasteiger charge is -2.31. The minimum Gasteiger partial charge on any atom is -0.463 e. The number of rotatable bonds is 3. The van der Waals surface area contributed by atoms with E-state index in [1.165, 1.54) is 13.4 Å². The Morgan fingerprint density at radius 2 is 2.53 bits per heavy atom. The van der Waals surface area contributed by atoms with Crippen LogP contribution in [-0.2, 0) is 11.3 Å². The summed E-state index contributed by atoms with van der Waals surface area (Å²) in [6.45, 7) is 5.82. The van der Waals surface area contributed by atoms with E-state index in [9.17, 15) is 4.79 Å². The Morgan fingerprint density at radius 1 is 1.71 bits per heavy atom. The van der Waals surface area contributed by atoms with E-state index in [4.69, 9.17) is 4.42 Å². The number of ether oxygens (including phenoxy) is 1. The van der Waals surface area contributed by atoms with Crippen molar-refractivity contribution in [1.82, 2.24) is 10.2 Å². The van der Waals surface area contributed by atoms with Crippen molar-refractivity contribution in [2.45, 2.75) is 19.5 Å². The zero-order valence-corrected chi connectivity index (χ0v) is 10.2. The molecular formula is C12H18N2O3. The quantitative estimate of drug-likeness (QED) is 0.791. The third-order valence-electron chi connectivity index (χ3n) is 2.96. The van der Waals surface area contributed by atoms with E-state index >= 15 is 0 Å². The molecule has 5 heteroatoms. The smallest absolute Gasteiger partial charge is 0.374 e. The molecule has 2 rings (SSSR count). The number of hydrogen-bond donors (Lipinski definition) is 1. The number of nitrogens with zero attached hydrogens (tertiary/aromatic N) is 1. The molecule has 0 aromatic carbocycles. The van der Waals surface area contributed by atoms with E-state index in [0.717, 1.165) is 31.7 Å². The Morgan fingerprint density at radius 3 is 3.24 bits per heavy atom. The first-order valence-corrected chi connectivity index (χ1v) is 5.81. The molecule has 1 N–H and O–H groups in total. The number of carbonyl (C=O) groups excluding carboxylic acids is 1. The van der Waals surface area contributed by atoms with Gasteiger partial charge in [-0.25, -0.2) is 4.79 Å². The molecule has 1 saturated heterocycles. The minimum atomic E-state index is -0.409. The first-order valence-electron chi connectivity index (χ1n) is 5.81. The zero-order chi connectivity index (χ0) is 12.3. The number of methoxy groups -OCH3 is 1. The molecule has 5 nitrogen and oxygen atoms in total. The molecule has 1 fully saturated rings. The number of esters is 1. The van der Waals surface area contributed by atoms with Crippen LogP contribution in [0, 0.1) is 0 Å². The van der Waals surface area contributed by atoms with Crippen molar-refractivity contribution in [3.8, 4) is 0 Å². The van der Waals surface area contributed by atoms with Gasteiger partial charge in [-0.05, 0) is 13.0 Å². The van der Waals surface area contributed by atoms with Gasteiger partial charge in [0.1, 0.15) is 0 Å².